The van der Waals surface area contributed by atoms with E-state index < -0.39 is 12.0 Å². The first-order valence-electron chi connectivity index (χ1n) is 11.0. The standard InChI is InChI=1S/C26H26N2O6S/c1-6-34-25(30)22-15(2)27-26-28(23(22)16-7-9-18(31-3)10-8-16)24(29)21(35-26)14-17-13-19(32-4)11-12-20(17)33-5/h7-14,23H,6H2,1-5H3/b21-14+. The number of hydrogen-bond acceptors (Lipinski definition) is 8. The lowest BCUT2D eigenvalue weighted by Gasteiger charge is -2.24. The molecule has 1 aliphatic rings. The van der Waals surface area contributed by atoms with E-state index >= 15 is 0 Å². The minimum absolute atomic E-state index is 0.213. The van der Waals surface area contributed by atoms with Gasteiger partial charge in [0.05, 0.1) is 49.8 Å². The fourth-order valence-electron chi connectivity index (χ4n) is 3.99. The summed E-state index contributed by atoms with van der Waals surface area (Å²) < 4.78 is 23.4. The number of carbonyl (C=O) groups is 1. The van der Waals surface area contributed by atoms with Crippen molar-refractivity contribution in [3.63, 3.8) is 0 Å². The molecule has 9 heteroatoms. The molecule has 0 bridgehead atoms. The van der Waals surface area contributed by atoms with Crippen LogP contribution in [0.25, 0.3) is 6.08 Å². The minimum Gasteiger partial charge on any atom is -0.497 e. The van der Waals surface area contributed by atoms with Gasteiger partial charge in [-0.2, -0.15) is 0 Å². The van der Waals surface area contributed by atoms with Crippen LogP contribution in [0.4, 0.5) is 0 Å². The van der Waals surface area contributed by atoms with Crippen LogP contribution in [-0.4, -0.2) is 38.5 Å². The van der Waals surface area contributed by atoms with E-state index in [1.165, 1.54) is 11.3 Å². The Bertz CT molecular complexity index is 1470. The molecule has 8 nitrogen and oxygen atoms in total. The van der Waals surface area contributed by atoms with Gasteiger partial charge in [0, 0.05) is 5.56 Å². The van der Waals surface area contributed by atoms with Crippen LogP contribution in [0.1, 0.15) is 31.0 Å². The summed E-state index contributed by atoms with van der Waals surface area (Å²) in [6.45, 7) is 3.71. The first-order chi connectivity index (χ1) is 16.9. The van der Waals surface area contributed by atoms with Crippen molar-refractivity contribution in [3.05, 3.63) is 84.5 Å². The van der Waals surface area contributed by atoms with Crippen molar-refractivity contribution in [2.45, 2.75) is 19.9 Å². The predicted octanol–water partition coefficient (Wildman–Crippen LogP) is 2.82. The molecule has 1 atom stereocenters. The SMILES string of the molecule is CCOC(=O)C1=C(C)N=c2s/c(=C/c3cc(OC)ccc3OC)c(=O)n2C1c1ccc(OC)cc1. The molecule has 2 heterocycles. The molecule has 4 rings (SSSR count). The summed E-state index contributed by atoms with van der Waals surface area (Å²) in [4.78, 5) is 31.8. The number of methoxy groups -OCH3 is 3. The Balaban J connectivity index is 1.95. The molecule has 182 valence electrons. The van der Waals surface area contributed by atoms with Gasteiger partial charge < -0.3 is 18.9 Å². The van der Waals surface area contributed by atoms with Gasteiger partial charge in [0.1, 0.15) is 17.2 Å². The number of nitrogens with zero attached hydrogens (tertiary/aromatic N) is 2. The Morgan fingerprint density at radius 2 is 1.74 bits per heavy atom. The maximum Gasteiger partial charge on any atom is 0.338 e. The van der Waals surface area contributed by atoms with Gasteiger partial charge in [-0.1, -0.05) is 23.5 Å². The smallest absolute Gasteiger partial charge is 0.338 e. The van der Waals surface area contributed by atoms with Crippen molar-refractivity contribution in [1.82, 2.24) is 4.57 Å². The van der Waals surface area contributed by atoms with Gasteiger partial charge in [-0.3, -0.25) is 9.36 Å². The maximum absolute atomic E-state index is 13.7. The highest BCUT2D eigenvalue weighted by atomic mass is 32.1. The lowest BCUT2D eigenvalue weighted by Crippen LogP contribution is -2.39. The Hall–Kier alpha value is -3.85. The summed E-state index contributed by atoms with van der Waals surface area (Å²) in [7, 11) is 4.73. The van der Waals surface area contributed by atoms with E-state index in [1.807, 2.05) is 12.1 Å². The van der Waals surface area contributed by atoms with Crippen LogP contribution in [0.2, 0.25) is 0 Å². The van der Waals surface area contributed by atoms with Crippen molar-refractivity contribution < 1.29 is 23.7 Å². The Morgan fingerprint density at radius 1 is 1.06 bits per heavy atom. The molecular weight excluding hydrogens is 468 g/mol. The molecule has 0 saturated heterocycles. The molecule has 0 N–H and O–H groups in total. The van der Waals surface area contributed by atoms with Gasteiger partial charge in [-0.15, -0.1) is 0 Å². The summed E-state index contributed by atoms with van der Waals surface area (Å²) in [6, 6.07) is 11.9. The number of aromatic nitrogens is 1. The van der Waals surface area contributed by atoms with Gasteiger partial charge in [0.2, 0.25) is 0 Å². The largest absolute Gasteiger partial charge is 0.497 e. The number of esters is 1. The van der Waals surface area contributed by atoms with Crippen LogP contribution < -0.4 is 29.1 Å². The van der Waals surface area contributed by atoms with Crippen molar-refractivity contribution in [2.75, 3.05) is 27.9 Å². The van der Waals surface area contributed by atoms with Crippen molar-refractivity contribution in [1.29, 1.82) is 0 Å². The van der Waals surface area contributed by atoms with Crippen LogP contribution in [0, 0.1) is 0 Å². The normalized spacial score (nSPS) is 15.3. The number of fused-ring (bicyclic) bond motifs is 1. The molecule has 0 saturated carbocycles. The van der Waals surface area contributed by atoms with Crippen LogP contribution in [0.15, 0.2) is 63.5 Å². The Labute approximate surface area is 206 Å². The van der Waals surface area contributed by atoms with E-state index in [2.05, 4.69) is 4.99 Å². The van der Waals surface area contributed by atoms with Crippen LogP contribution in [-0.2, 0) is 9.53 Å². The zero-order valence-electron chi connectivity index (χ0n) is 20.2. The fraction of sp³-hybridized carbons (Fsp3) is 0.269. The fourth-order valence-corrected chi connectivity index (χ4v) is 5.02. The highest BCUT2D eigenvalue weighted by molar-refractivity contribution is 7.07. The second-order valence-corrected chi connectivity index (χ2v) is 8.69. The highest BCUT2D eigenvalue weighted by Gasteiger charge is 2.33. The maximum atomic E-state index is 13.7. The van der Waals surface area contributed by atoms with E-state index in [1.54, 1.807) is 76.2 Å². The zero-order chi connectivity index (χ0) is 25.1. The quantitative estimate of drug-likeness (QED) is 0.470. The lowest BCUT2D eigenvalue weighted by atomic mass is 9.96. The van der Waals surface area contributed by atoms with Gasteiger partial charge in [0.25, 0.3) is 5.56 Å². The molecule has 0 aliphatic carbocycles. The van der Waals surface area contributed by atoms with Gasteiger partial charge in [0.15, 0.2) is 4.80 Å². The number of hydrogen-bond donors (Lipinski definition) is 0. The third kappa shape index (κ3) is 4.59. The predicted molar refractivity (Wildman–Crippen MR) is 133 cm³/mol. The van der Waals surface area contributed by atoms with E-state index in [9.17, 15) is 9.59 Å². The topological polar surface area (TPSA) is 88.4 Å². The summed E-state index contributed by atoms with van der Waals surface area (Å²) in [5.74, 6) is 1.41. The number of rotatable bonds is 7. The lowest BCUT2D eigenvalue weighted by molar-refractivity contribution is -0.139. The molecule has 0 spiro atoms. The second-order valence-electron chi connectivity index (χ2n) is 7.68. The van der Waals surface area contributed by atoms with Crippen molar-refractivity contribution >= 4 is 23.4 Å². The first-order valence-corrected chi connectivity index (χ1v) is 11.8. The second kappa shape index (κ2) is 10.2. The van der Waals surface area contributed by atoms with Crippen LogP contribution in [0.3, 0.4) is 0 Å². The highest BCUT2D eigenvalue weighted by Crippen LogP contribution is 2.31. The number of allylic oxidation sites excluding steroid dienone is 1. The molecule has 35 heavy (non-hydrogen) atoms. The van der Waals surface area contributed by atoms with Gasteiger partial charge in [-0.05, 0) is 55.8 Å². The van der Waals surface area contributed by atoms with Crippen LogP contribution >= 0.6 is 11.3 Å². The molecule has 0 radical (unpaired) electrons. The minimum atomic E-state index is -0.689. The Kier molecular flexibility index (Phi) is 7.07. The number of benzene rings is 2. The Morgan fingerprint density at radius 3 is 2.37 bits per heavy atom. The zero-order valence-corrected chi connectivity index (χ0v) is 21.0. The van der Waals surface area contributed by atoms with E-state index in [0.717, 1.165) is 5.56 Å². The number of carbonyl (C=O) groups excluding carboxylic acids is 1. The molecule has 1 aliphatic heterocycles. The van der Waals surface area contributed by atoms with E-state index in [4.69, 9.17) is 18.9 Å². The molecular formula is C26H26N2O6S. The summed E-state index contributed by atoms with van der Waals surface area (Å²) in [5.41, 5.74) is 2.01. The monoisotopic (exact) mass is 494 g/mol. The number of ether oxygens (including phenoxy) is 4. The summed E-state index contributed by atoms with van der Waals surface area (Å²) >= 11 is 1.25. The molecule has 0 fully saturated rings. The first kappa shape index (κ1) is 24.3. The molecule has 2 aromatic carbocycles. The third-order valence-corrected chi connectivity index (χ3v) is 6.65. The van der Waals surface area contributed by atoms with E-state index in [0.29, 0.717) is 43.4 Å². The van der Waals surface area contributed by atoms with Crippen molar-refractivity contribution in [3.8, 4) is 17.2 Å². The average Bonchev–Trinajstić information content (AvgIpc) is 3.17. The summed E-state index contributed by atoms with van der Waals surface area (Å²) in [6.07, 6.45) is 1.75. The molecule has 0 amide bonds. The van der Waals surface area contributed by atoms with Crippen LogP contribution in [0.5, 0.6) is 17.2 Å². The molecule has 3 aromatic rings. The number of thiazole rings is 1. The van der Waals surface area contributed by atoms with E-state index in [-0.39, 0.29) is 12.2 Å². The van der Waals surface area contributed by atoms with Gasteiger partial charge >= 0.3 is 5.97 Å². The van der Waals surface area contributed by atoms with Crippen molar-refractivity contribution in [2.24, 2.45) is 4.99 Å². The molecule has 1 unspecified atom stereocenters. The molecule has 1 aromatic heterocycles. The van der Waals surface area contributed by atoms with Gasteiger partial charge in [-0.25, -0.2) is 9.79 Å². The average molecular weight is 495 g/mol. The summed E-state index contributed by atoms with van der Waals surface area (Å²) in [5, 5.41) is 0. The third-order valence-electron chi connectivity index (χ3n) is 5.67.